The predicted octanol–water partition coefficient (Wildman–Crippen LogP) is 3.30. The first-order valence-electron chi connectivity index (χ1n) is 6.62. The zero-order valence-corrected chi connectivity index (χ0v) is 11.4. The van der Waals surface area contributed by atoms with E-state index in [1.807, 2.05) is 43.5 Å². The number of nitrogens with zero attached hydrogens (tertiary/aromatic N) is 1. The van der Waals surface area contributed by atoms with Gasteiger partial charge in [0.05, 0.1) is 17.8 Å². The lowest BCUT2D eigenvalue weighted by Crippen LogP contribution is -2.08. The molecule has 1 aromatic heterocycles. The van der Waals surface area contributed by atoms with Gasteiger partial charge in [0.1, 0.15) is 5.75 Å². The maximum Gasteiger partial charge on any atom is 0.130 e. The number of unbranched alkanes of at least 4 members (excludes halogenated alkanes) is 1. The topological polar surface area (TPSA) is 34.1 Å². The minimum Gasteiger partial charge on any atom is -0.493 e. The molecule has 1 heterocycles. The molecule has 0 aliphatic heterocycles. The Hall–Kier alpha value is -1.87. The van der Waals surface area contributed by atoms with Gasteiger partial charge >= 0.3 is 0 Å². The summed E-state index contributed by atoms with van der Waals surface area (Å²) < 4.78 is 5.89. The van der Waals surface area contributed by atoms with Crippen LogP contribution in [-0.2, 0) is 6.54 Å². The molecular formula is C16H20N2O. The molecule has 3 heteroatoms. The number of hydrogen-bond donors (Lipinski definition) is 1. The molecule has 0 amide bonds. The van der Waals surface area contributed by atoms with E-state index in [0.29, 0.717) is 6.61 Å². The van der Waals surface area contributed by atoms with E-state index in [1.54, 1.807) is 0 Å². The summed E-state index contributed by atoms with van der Waals surface area (Å²) in [5, 5.41) is 4.19. The number of benzene rings is 1. The number of allylic oxidation sites excluding steroid dienone is 1. The van der Waals surface area contributed by atoms with Gasteiger partial charge in [-0.05, 0) is 32.0 Å². The van der Waals surface area contributed by atoms with Gasteiger partial charge in [-0.2, -0.15) is 0 Å². The molecule has 2 aromatic rings. The molecule has 100 valence electrons. The van der Waals surface area contributed by atoms with E-state index in [1.165, 1.54) is 0 Å². The molecule has 1 N–H and O–H groups in total. The van der Waals surface area contributed by atoms with Crippen LogP contribution in [0.3, 0.4) is 0 Å². The van der Waals surface area contributed by atoms with Crippen LogP contribution in [0.25, 0.3) is 10.9 Å². The van der Waals surface area contributed by atoms with Gasteiger partial charge in [-0.15, -0.1) is 6.58 Å². The minimum absolute atomic E-state index is 0.707. The zero-order chi connectivity index (χ0) is 13.5. The number of ether oxygens (including phenoxy) is 1. The van der Waals surface area contributed by atoms with Crippen molar-refractivity contribution >= 4 is 10.9 Å². The van der Waals surface area contributed by atoms with E-state index in [4.69, 9.17) is 4.74 Å². The third kappa shape index (κ3) is 3.55. The second-order valence-corrected chi connectivity index (χ2v) is 4.44. The highest BCUT2D eigenvalue weighted by molar-refractivity contribution is 5.85. The van der Waals surface area contributed by atoms with Gasteiger partial charge in [0, 0.05) is 18.0 Å². The van der Waals surface area contributed by atoms with Crippen molar-refractivity contribution in [2.24, 2.45) is 0 Å². The molecule has 2 rings (SSSR count). The summed E-state index contributed by atoms with van der Waals surface area (Å²) in [5.41, 5.74) is 1.98. The fourth-order valence-corrected chi connectivity index (χ4v) is 2.00. The number of pyridine rings is 1. The Morgan fingerprint density at radius 2 is 2.21 bits per heavy atom. The van der Waals surface area contributed by atoms with Crippen LogP contribution in [0.15, 0.2) is 43.0 Å². The highest BCUT2D eigenvalue weighted by Crippen LogP contribution is 2.25. The lowest BCUT2D eigenvalue weighted by Gasteiger charge is -2.11. The fourth-order valence-electron chi connectivity index (χ4n) is 2.00. The lowest BCUT2D eigenvalue weighted by molar-refractivity contribution is 0.315. The van der Waals surface area contributed by atoms with Crippen molar-refractivity contribution in [1.82, 2.24) is 10.3 Å². The third-order valence-electron chi connectivity index (χ3n) is 2.90. The maximum atomic E-state index is 5.89. The monoisotopic (exact) mass is 256 g/mol. The van der Waals surface area contributed by atoms with Gasteiger partial charge < -0.3 is 10.1 Å². The summed E-state index contributed by atoms with van der Waals surface area (Å²) >= 11 is 0. The molecule has 0 aliphatic rings. The molecule has 0 fully saturated rings. The van der Waals surface area contributed by atoms with Gasteiger partial charge in [-0.1, -0.05) is 18.2 Å². The summed E-state index contributed by atoms with van der Waals surface area (Å²) in [7, 11) is 1.92. The van der Waals surface area contributed by atoms with Gasteiger partial charge in [0.25, 0.3) is 0 Å². The molecule has 0 atom stereocenters. The maximum absolute atomic E-state index is 5.89. The van der Waals surface area contributed by atoms with Crippen molar-refractivity contribution in [3.8, 4) is 5.75 Å². The predicted molar refractivity (Wildman–Crippen MR) is 79.4 cm³/mol. The smallest absolute Gasteiger partial charge is 0.130 e. The number of aromatic nitrogens is 1. The van der Waals surface area contributed by atoms with Crippen LogP contribution in [0.2, 0.25) is 0 Å². The Bertz CT molecular complexity index is 551. The molecule has 0 unspecified atom stereocenters. The van der Waals surface area contributed by atoms with Crippen LogP contribution in [0.1, 0.15) is 18.5 Å². The highest BCUT2D eigenvalue weighted by Gasteiger charge is 2.06. The second kappa shape index (κ2) is 6.90. The Kier molecular flexibility index (Phi) is 4.93. The third-order valence-corrected chi connectivity index (χ3v) is 2.90. The largest absolute Gasteiger partial charge is 0.493 e. The lowest BCUT2D eigenvalue weighted by atomic mass is 10.2. The van der Waals surface area contributed by atoms with E-state index in [-0.39, 0.29) is 0 Å². The number of nitrogens with one attached hydrogen (secondary N) is 1. The van der Waals surface area contributed by atoms with Crippen molar-refractivity contribution in [2.75, 3.05) is 13.7 Å². The molecule has 0 aliphatic carbocycles. The highest BCUT2D eigenvalue weighted by atomic mass is 16.5. The summed E-state index contributed by atoms with van der Waals surface area (Å²) in [6.45, 7) is 5.17. The Balaban J connectivity index is 2.25. The summed E-state index contributed by atoms with van der Waals surface area (Å²) in [4.78, 5) is 4.61. The first-order chi connectivity index (χ1) is 9.35. The van der Waals surface area contributed by atoms with Crippen LogP contribution in [0.5, 0.6) is 5.75 Å². The Morgan fingerprint density at radius 3 is 3.00 bits per heavy atom. The van der Waals surface area contributed by atoms with Crippen LogP contribution in [-0.4, -0.2) is 18.6 Å². The average molecular weight is 256 g/mol. The van der Waals surface area contributed by atoms with E-state index in [0.717, 1.165) is 41.7 Å². The van der Waals surface area contributed by atoms with E-state index >= 15 is 0 Å². The van der Waals surface area contributed by atoms with Crippen molar-refractivity contribution in [3.05, 3.63) is 48.7 Å². The minimum atomic E-state index is 0.707. The van der Waals surface area contributed by atoms with E-state index in [9.17, 15) is 0 Å². The van der Waals surface area contributed by atoms with Crippen molar-refractivity contribution in [3.63, 3.8) is 0 Å². The quantitative estimate of drug-likeness (QED) is 0.609. The molecule has 3 nitrogen and oxygen atoms in total. The van der Waals surface area contributed by atoms with Crippen LogP contribution in [0, 0.1) is 0 Å². The molecule has 1 aromatic carbocycles. The summed E-state index contributed by atoms with van der Waals surface area (Å²) in [5.74, 6) is 0.917. The van der Waals surface area contributed by atoms with E-state index in [2.05, 4.69) is 16.9 Å². The second-order valence-electron chi connectivity index (χ2n) is 4.44. The average Bonchev–Trinajstić information content (AvgIpc) is 2.44. The first kappa shape index (κ1) is 13.6. The number of para-hydroxylation sites is 1. The number of hydrogen-bond acceptors (Lipinski definition) is 3. The summed E-state index contributed by atoms with van der Waals surface area (Å²) in [6, 6.07) is 10.1. The molecule has 0 saturated heterocycles. The normalized spacial score (nSPS) is 10.6. The molecule has 0 saturated carbocycles. The van der Waals surface area contributed by atoms with Crippen LogP contribution < -0.4 is 10.1 Å². The van der Waals surface area contributed by atoms with Crippen molar-refractivity contribution in [2.45, 2.75) is 19.4 Å². The zero-order valence-electron chi connectivity index (χ0n) is 11.4. The van der Waals surface area contributed by atoms with Gasteiger partial charge in [0.2, 0.25) is 0 Å². The molecular weight excluding hydrogens is 236 g/mol. The molecule has 0 spiro atoms. The van der Waals surface area contributed by atoms with Gasteiger partial charge in [0.15, 0.2) is 0 Å². The SMILES string of the molecule is C=CCCCOc1cc(CNC)nc2ccccc12. The number of rotatable bonds is 7. The van der Waals surface area contributed by atoms with Gasteiger partial charge in [-0.25, -0.2) is 0 Å². The Morgan fingerprint density at radius 1 is 1.37 bits per heavy atom. The fraction of sp³-hybridized carbons (Fsp3) is 0.312. The van der Waals surface area contributed by atoms with Gasteiger partial charge in [-0.3, -0.25) is 4.98 Å². The number of fused-ring (bicyclic) bond motifs is 1. The van der Waals surface area contributed by atoms with Crippen LogP contribution >= 0.6 is 0 Å². The Labute approximate surface area is 114 Å². The van der Waals surface area contributed by atoms with Crippen molar-refractivity contribution < 1.29 is 4.74 Å². The first-order valence-corrected chi connectivity index (χ1v) is 6.62. The van der Waals surface area contributed by atoms with Crippen LogP contribution in [0.4, 0.5) is 0 Å². The molecule has 19 heavy (non-hydrogen) atoms. The molecule has 0 radical (unpaired) electrons. The molecule has 0 bridgehead atoms. The van der Waals surface area contributed by atoms with Crippen molar-refractivity contribution in [1.29, 1.82) is 0 Å². The summed E-state index contributed by atoms with van der Waals surface area (Å²) in [6.07, 6.45) is 3.88. The van der Waals surface area contributed by atoms with E-state index < -0.39 is 0 Å². The standard InChI is InChI=1S/C16H20N2O/c1-3-4-7-10-19-16-11-13(12-17-2)18-15-9-6-5-8-14(15)16/h3,5-6,8-9,11,17H,1,4,7,10,12H2,2H3.